The summed E-state index contributed by atoms with van der Waals surface area (Å²) in [4.78, 5) is 0. The summed E-state index contributed by atoms with van der Waals surface area (Å²) in [7, 11) is 0. The van der Waals surface area contributed by atoms with Gasteiger partial charge in [0.1, 0.15) is 0 Å². The Morgan fingerprint density at radius 3 is 2.13 bits per heavy atom. The molecule has 0 radical (unpaired) electrons. The Labute approximate surface area is 89.6 Å². The van der Waals surface area contributed by atoms with Crippen LogP contribution in [0.5, 0.6) is 0 Å². The van der Waals surface area contributed by atoms with Crippen molar-refractivity contribution in [1.82, 2.24) is 5.32 Å². The van der Waals surface area contributed by atoms with E-state index in [2.05, 4.69) is 10.1 Å². The molecular formula is C7H10ClF5NO-. The standard InChI is InChI=1S/C7H10F5NO.ClH/c8-6(9,10)7(11,12)14-5-2-1-3-13-4-5;/h5,13H,1-4H2;1H/p-1. The molecule has 1 fully saturated rings. The van der Waals surface area contributed by atoms with E-state index in [0.717, 1.165) is 0 Å². The van der Waals surface area contributed by atoms with Crippen molar-refractivity contribution in [3.8, 4) is 0 Å². The molecule has 0 aromatic carbocycles. The molecule has 0 bridgehead atoms. The van der Waals surface area contributed by atoms with Crippen LogP contribution in [0.15, 0.2) is 0 Å². The molecule has 2 nitrogen and oxygen atoms in total. The number of nitrogens with one attached hydrogen (secondary N) is 1. The second-order valence-corrected chi connectivity index (χ2v) is 3.10. The van der Waals surface area contributed by atoms with Crippen LogP contribution in [-0.2, 0) is 4.74 Å². The van der Waals surface area contributed by atoms with Gasteiger partial charge in [-0.2, -0.15) is 22.0 Å². The van der Waals surface area contributed by atoms with Crippen molar-refractivity contribution in [2.24, 2.45) is 0 Å². The Morgan fingerprint density at radius 2 is 1.73 bits per heavy atom. The van der Waals surface area contributed by atoms with Crippen molar-refractivity contribution in [1.29, 1.82) is 0 Å². The molecule has 1 N–H and O–H groups in total. The molecule has 92 valence electrons. The molecule has 1 aliphatic rings. The molecule has 0 aliphatic carbocycles. The van der Waals surface area contributed by atoms with Crippen molar-refractivity contribution < 1.29 is 39.1 Å². The third kappa shape index (κ3) is 4.08. The Balaban J connectivity index is 0.00000196. The molecule has 1 heterocycles. The highest BCUT2D eigenvalue weighted by atomic mass is 35.5. The van der Waals surface area contributed by atoms with E-state index in [4.69, 9.17) is 0 Å². The number of rotatable bonds is 2. The van der Waals surface area contributed by atoms with Crippen molar-refractivity contribution in [2.75, 3.05) is 13.1 Å². The van der Waals surface area contributed by atoms with Gasteiger partial charge in [-0.15, -0.1) is 0 Å². The normalized spacial score (nSPS) is 23.4. The van der Waals surface area contributed by atoms with E-state index in [0.29, 0.717) is 13.0 Å². The highest BCUT2D eigenvalue weighted by Crippen LogP contribution is 2.37. The van der Waals surface area contributed by atoms with E-state index in [1.54, 1.807) is 0 Å². The zero-order chi connectivity index (χ0) is 10.8. The van der Waals surface area contributed by atoms with Gasteiger partial charge in [0.25, 0.3) is 0 Å². The van der Waals surface area contributed by atoms with Crippen molar-refractivity contribution in [3.05, 3.63) is 0 Å². The van der Waals surface area contributed by atoms with Gasteiger partial charge in [0.15, 0.2) is 0 Å². The van der Waals surface area contributed by atoms with Gasteiger partial charge in [-0.3, -0.25) is 0 Å². The van der Waals surface area contributed by atoms with Gasteiger partial charge >= 0.3 is 12.3 Å². The van der Waals surface area contributed by atoms with Crippen LogP contribution in [0.1, 0.15) is 12.8 Å². The van der Waals surface area contributed by atoms with Crippen molar-refractivity contribution in [2.45, 2.75) is 31.2 Å². The van der Waals surface area contributed by atoms with Crippen molar-refractivity contribution >= 4 is 0 Å². The molecule has 8 heteroatoms. The van der Waals surface area contributed by atoms with E-state index in [9.17, 15) is 22.0 Å². The lowest BCUT2D eigenvalue weighted by Gasteiger charge is -2.28. The third-order valence-corrected chi connectivity index (χ3v) is 1.90. The van der Waals surface area contributed by atoms with E-state index < -0.39 is 18.4 Å². The average molecular weight is 255 g/mol. The van der Waals surface area contributed by atoms with Gasteiger partial charge in [-0.1, -0.05) is 0 Å². The summed E-state index contributed by atoms with van der Waals surface area (Å²) in [5.41, 5.74) is 0. The molecule has 1 aliphatic heterocycles. The summed E-state index contributed by atoms with van der Waals surface area (Å²) >= 11 is 0. The van der Waals surface area contributed by atoms with Crippen LogP contribution >= 0.6 is 0 Å². The molecule has 0 amide bonds. The predicted octanol–water partition coefficient (Wildman–Crippen LogP) is -1.09. The topological polar surface area (TPSA) is 21.3 Å². The van der Waals surface area contributed by atoms with Crippen LogP contribution in [0.2, 0.25) is 0 Å². The van der Waals surface area contributed by atoms with Crippen LogP contribution in [0, 0.1) is 0 Å². The van der Waals surface area contributed by atoms with Crippen LogP contribution in [-0.4, -0.2) is 31.5 Å². The smallest absolute Gasteiger partial charge is 0.482 e. The first-order valence-corrected chi connectivity index (χ1v) is 4.16. The Morgan fingerprint density at radius 1 is 1.13 bits per heavy atom. The molecule has 1 saturated heterocycles. The second kappa shape index (κ2) is 5.27. The maximum absolute atomic E-state index is 12.3. The fourth-order valence-electron chi connectivity index (χ4n) is 1.20. The zero-order valence-electron chi connectivity index (χ0n) is 7.58. The lowest BCUT2D eigenvalue weighted by atomic mass is 10.1. The predicted molar refractivity (Wildman–Crippen MR) is 38.0 cm³/mol. The van der Waals surface area contributed by atoms with Crippen molar-refractivity contribution in [3.63, 3.8) is 0 Å². The summed E-state index contributed by atoms with van der Waals surface area (Å²) in [5.74, 6) is 0. The number of halogens is 6. The highest BCUT2D eigenvalue weighted by Gasteiger charge is 2.60. The molecule has 15 heavy (non-hydrogen) atoms. The van der Waals surface area contributed by atoms with Crippen LogP contribution in [0.4, 0.5) is 22.0 Å². The molecule has 0 aromatic rings. The number of alkyl halides is 5. The molecule has 0 saturated carbocycles. The SMILES string of the molecule is FC(F)(F)C(F)(F)OC1CCCNC1.[Cl-]. The maximum atomic E-state index is 12.3. The quantitative estimate of drug-likeness (QED) is 0.633. The average Bonchev–Trinajstić information content (AvgIpc) is 2.03. The van der Waals surface area contributed by atoms with E-state index in [1.807, 2.05) is 0 Å². The number of hydrogen-bond donors (Lipinski definition) is 1. The minimum absolute atomic E-state index is 0. The largest absolute Gasteiger partial charge is 1.00 e. The lowest BCUT2D eigenvalue weighted by molar-refractivity contribution is -0.402. The highest BCUT2D eigenvalue weighted by molar-refractivity contribution is 4.73. The van der Waals surface area contributed by atoms with E-state index in [-0.39, 0.29) is 25.4 Å². The Kier molecular flexibility index (Phi) is 5.22. The first kappa shape index (κ1) is 14.9. The zero-order valence-corrected chi connectivity index (χ0v) is 8.34. The number of ether oxygens (including phenoxy) is 1. The van der Waals surface area contributed by atoms with Gasteiger partial charge < -0.3 is 22.5 Å². The minimum atomic E-state index is -5.63. The second-order valence-electron chi connectivity index (χ2n) is 3.10. The first-order valence-electron chi connectivity index (χ1n) is 4.16. The summed E-state index contributed by atoms with van der Waals surface area (Å²) < 4.78 is 63.5. The third-order valence-electron chi connectivity index (χ3n) is 1.90. The van der Waals surface area contributed by atoms with Gasteiger partial charge in [0.2, 0.25) is 0 Å². The molecule has 0 spiro atoms. The lowest BCUT2D eigenvalue weighted by Crippen LogP contribution is -3.00. The summed E-state index contributed by atoms with van der Waals surface area (Å²) in [6.07, 6.45) is -11.0. The Bertz CT molecular complexity index is 192. The maximum Gasteiger partial charge on any atom is 0.482 e. The molecular weight excluding hydrogens is 245 g/mol. The fraction of sp³-hybridized carbons (Fsp3) is 1.00. The number of hydrogen-bond acceptors (Lipinski definition) is 2. The summed E-state index contributed by atoms with van der Waals surface area (Å²) in [6.45, 7) is 0.656. The van der Waals surface area contributed by atoms with Gasteiger partial charge in [0.05, 0.1) is 6.10 Å². The Hall–Kier alpha value is -0.140. The van der Waals surface area contributed by atoms with Gasteiger partial charge in [-0.25, -0.2) is 0 Å². The van der Waals surface area contributed by atoms with Crippen LogP contribution in [0.25, 0.3) is 0 Å². The van der Waals surface area contributed by atoms with E-state index >= 15 is 0 Å². The van der Waals surface area contributed by atoms with Gasteiger partial charge in [-0.05, 0) is 19.4 Å². The molecule has 1 atom stereocenters. The summed E-state index contributed by atoms with van der Waals surface area (Å²) in [6, 6.07) is 0. The molecule has 1 rings (SSSR count). The summed E-state index contributed by atoms with van der Waals surface area (Å²) in [5, 5.41) is 2.68. The first-order chi connectivity index (χ1) is 6.33. The molecule has 1 unspecified atom stereocenters. The van der Waals surface area contributed by atoms with Crippen LogP contribution < -0.4 is 17.7 Å². The van der Waals surface area contributed by atoms with E-state index in [1.165, 1.54) is 0 Å². The molecule has 0 aromatic heterocycles. The monoisotopic (exact) mass is 254 g/mol. The fourth-order valence-corrected chi connectivity index (χ4v) is 1.20. The van der Waals surface area contributed by atoms with Gasteiger partial charge in [0, 0.05) is 6.54 Å². The minimum Gasteiger partial charge on any atom is -1.00 e. The number of piperidine rings is 1. The van der Waals surface area contributed by atoms with Crippen LogP contribution in [0.3, 0.4) is 0 Å².